The van der Waals surface area contributed by atoms with Crippen molar-refractivity contribution in [3.63, 3.8) is 0 Å². The Labute approximate surface area is 276 Å². The lowest BCUT2D eigenvalue weighted by Crippen LogP contribution is -2.58. The molecule has 1 fully saturated rings. The van der Waals surface area contributed by atoms with E-state index < -0.39 is 29.8 Å². The van der Waals surface area contributed by atoms with Gasteiger partial charge in [-0.05, 0) is 54.1 Å². The number of fused-ring (bicyclic) bond motifs is 6. The SMILES string of the molecule is COCCNc1nc2cc(C(=O)N3CC[C@@H]4Oc5cc(F)cc(c5)CNC(=O)c5ccc(OC)c(c5)OCC(=O)N[C@@H]4C3)ccc2n1C. The van der Waals surface area contributed by atoms with E-state index in [2.05, 4.69) is 20.9 Å². The summed E-state index contributed by atoms with van der Waals surface area (Å²) in [4.78, 5) is 46.2. The summed E-state index contributed by atoms with van der Waals surface area (Å²) in [6, 6.07) is 13.5. The molecule has 3 N–H and O–H groups in total. The summed E-state index contributed by atoms with van der Waals surface area (Å²) in [7, 11) is 4.98. The molecule has 0 aliphatic carbocycles. The molecule has 1 saturated heterocycles. The van der Waals surface area contributed by atoms with Crippen molar-refractivity contribution in [2.24, 2.45) is 7.05 Å². The average molecular weight is 661 g/mol. The summed E-state index contributed by atoms with van der Waals surface area (Å²) in [6.07, 6.45) is -0.234. The lowest BCUT2D eigenvalue weighted by Gasteiger charge is -2.39. The maximum atomic E-state index is 14.7. The maximum Gasteiger partial charge on any atom is 0.258 e. The van der Waals surface area contributed by atoms with E-state index in [-0.39, 0.29) is 42.7 Å². The van der Waals surface area contributed by atoms with Crippen molar-refractivity contribution < 1.29 is 37.7 Å². The molecule has 4 aromatic rings. The summed E-state index contributed by atoms with van der Waals surface area (Å²) >= 11 is 0. The largest absolute Gasteiger partial charge is 0.493 e. The zero-order chi connectivity index (χ0) is 33.8. The van der Waals surface area contributed by atoms with Gasteiger partial charge in [0.2, 0.25) is 5.95 Å². The van der Waals surface area contributed by atoms with Gasteiger partial charge in [0.1, 0.15) is 17.7 Å². The Bertz CT molecular complexity index is 1850. The van der Waals surface area contributed by atoms with Gasteiger partial charge in [-0.3, -0.25) is 14.4 Å². The molecule has 3 amide bonds. The predicted molar refractivity (Wildman–Crippen MR) is 174 cm³/mol. The fourth-order valence-electron chi connectivity index (χ4n) is 5.91. The zero-order valence-corrected chi connectivity index (χ0v) is 26.9. The number of hydrogen-bond donors (Lipinski definition) is 3. The van der Waals surface area contributed by atoms with Gasteiger partial charge in [-0.2, -0.15) is 0 Å². The normalized spacial score (nSPS) is 18.2. The lowest BCUT2D eigenvalue weighted by atomic mass is 10.00. The molecule has 0 saturated carbocycles. The quantitative estimate of drug-likeness (QED) is 0.266. The van der Waals surface area contributed by atoms with Crippen LogP contribution in [-0.4, -0.2) is 91.4 Å². The Balaban J connectivity index is 1.25. The Morgan fingerprint density at radius 1 is 1.12 bits per heavy atom. The number of likely N-dealkylation sites (tertiary alicyclic amines) is 1. The van der Waals surface area contributed by atoms with Gasteiger partial charge < -0.3 is 44.4 Å². The Morgan fingerprint density at radius 3 is 2.79 bits per heavy atom. The van der Waals surface area contributed by atoms with E-state index in [4.69, 9.17) is 18.9 Å². The molecular formula is C34H37FN6O7. The molecule has 2 aliphatic rings. The third-order valence-electron chi connectivity index (χ3n) is 8.36. The second kappa shape index (κ2) is 14.2. The van der Waals surface area contributed by atoms with Gasteiger partial charge in [-0.15, -0.1) is 0 Å². The van der Waals surface area contributed by atoms with Crippen LogP contribution in [0.2, 0.25) is 0 Å². The minimum absolute atomic E-state index is 0.0492. The smallest absolute Gasteiger partial charge is 0.258 e. The number of nitrogens with zero attached hydrogens (tertiary/aromatic N) is 3. The van der Waals surface area contributed by atoms with Gasteiger partial charge in [0, 0.05) is 64.0 Å². The van der Waals surface area contributed by atoms with E-state index in [1.807, 2.05) is 17.7 Å². The Kier molecular flexibility index (Phi) is 9.62. The van der Waals surface area contributed by atoms with Gasteiger partial charge in [-0.25, -0.2) is 9.37 Å². The number of ether oxygens (including phenoxy) is 4. The molecule has 0 spiro atoms. The number of nitrogens with one attached hydrogen (secondary N) is 3. The van der Waals surface area contributed by atoms with E-state index in [0.29, 0.717) is 54.5 Å². The van der Waals surface area contributed by atoms with Crippen LogP contribution in [0.4, 0.5) is 10.3 Å². The highest BCUT2D eigenvalue weighted by atomic mass is 19.1. The second-order valence-electron chi connectivity index (χ2n) is 11.6. The third kappa shape index (κ3) is 7.13. The number of anilines is 1. The first kappa shape index (κ1) is 32.6. The zero-order valence-electron chi connectivity index (χ0n) is 26.9. The van der Waals surface area contributed by atoms with Crippen molar-refractivity contribution in [1.29, 1.82) is 0 Å². The first-order valence-electron chi connectivity index (χ1n) is 15.6. The van der Waals surface area contributed by atoms with Gasteiger partial charge >= 0.3 is 0 Å². The van der Waals surface area contributed by atoms with Crippen LogP contribution in [0.15, 0.2) is 54.6 Å². The average Bonchev–Trinajstić information content (AvgIpc) is 3.40. The van der Waals surface area contributed by atoms with Crippen LogP contribution in [0.5, 0.6) is 17.2 Å². The van der Waals surface area contributed by atoms with Crippen molar-refractivity contribution in [2.75, 3.05) is 52.4 Å². The number of benzene rings is 3. The summed E-state index contributed by atoms with van der Waals surface area (Å²) in [5.74, 6) is -0.198. The molecule has 4 bridgehead atoms. The number of amides is 3. The molecule has 0 radical (unpaired) electrons. The van der Waals surface area contributed by atoms with E-state index in [9.17, 15) is 18.8 Å². The number of carbonyl (C=O) groups excluding carboxylic acids is 3. The minimum Gasteiger partial charge on any atom is -0.493 e. The van der Waals surface area contributed by atoms with Crippen molar-refractivity contribution in [3.8, 4) is 17.2 Å². The molecule has 252 valence electrons. The predicted octanol–water partition coefficient (Wildman–Crippen LogP) is 2.88. The van der Waals surface area contributed by atoms with Crippen LogP contribution in [0.25, 0.3) is 11.0 Å². The first-order chi connectivity index (χ1) is 23.2. The molecule has 6 rings (SSSR count). The van der Waals surface area contributed by atoms with Crippen LogP contribution >= 0.6 is 0 Å². The van der Waals surface area contributed by atoms with E-state index >= 15 is 0 Å². The number of piperidine rings is 1. The molecule has 2 atom stereocenters. The summed E-state index contributed by atoms with van der Waals surface area (Å²) in [5, 5.41) is 8.95. The number of aromatic nitrogens is 2. The number of aryl methyl sites for hydroxylation is 1. The number of rotatable bonds is 6. The number of hydrogen-bond acceptors (Lipinski definition) is 9. The maximum absolute atomic E-state index is 14.7. The van der Waals surface area contributed by atoms with E-state index in [0.717, 1.165) is 5.52 Å². The molecule has 48 heavy (non-hydrogen) atoms. The van der Waals surface area contributed by atoms with Crippen LogP contribution < -0.4 is 30.2 Å². The van der Waals surface area contributed by atoms with Crippen LogP contribution in [0.3, 0.4) is 0 Å². The van der Waals surface area contributed by atoms with E-state index in [1.54, 1.807) is 42.3 Å². The molecule has 13 nitrogen and oxygen atoms in total. The lowest BCUT2D eigenvalue weighted by molar-refractivity contribution is -0.125. The minimum atomic E-state index is -0.651. The molecule has 14 heteroatoms. The van der Waals surface area contributed by atoms with Crippen LogP contribution in [0, 0.1) is 5.82 Å². The van der Waals surface area contributed by atoms with Gasteiger partial charge in [0.25, 0.3) is 17.7 Å². The van der Waals surface area contributed by atoms with Crippen molar-refractivity contribution in [3.05, 3.63) is 77.1 Å². The number of carbonyl (C=O) groups is 3. The highest BCUT2D eigenvalue weighted by Crippen LogP contribution is 2.29. The third-order valence-corrected chi connectivity index (χ3v) is 8.36. The molecule has 2 aliphatic heterocycles. The van der Waals surface area contributed by atoms with Crippen LogP contribution in [0.1, 0.15) is 32.7 Å². The monoisotopic (exact) mass is 660 g/mol. The molecule has 1 aromatic heterocycles. The summed E-state index contributed by atoms with van der Waals surface area (Å²) < 4.78 is 39.1. The van der Waals surface area contributed by atoms with Crippen molar-refractivity contribution in [2.45, 2.75) is 25.1 Å². The standard InChI is InChI=1S/C34H37FN6O7/c1-40-27-6-4-22(14-25(27)39-34(40)36-9-11-45-2)33(44)41-10-8-28-26(18-41)38-31(42)19-47-30-15-21(5-7-29(30)46-3)32(43)37-17-20-12-23(35)16-24(13-20)48-28/h4-7,12-16,26,28H,8-11,17-19H2,1-3H3,(H,36,39)(H,37,43)(H,38,42)/t26-,28+/m1/s1. The van der Waals surface area contributed by atoms with Crippen LogP contribution in [-0.2, 0) is 23.1 Å². The molecule has 3 heterocycles. The number of imidazole rings is 1. The van der Waals surface area contributed by atoms with Crippen molar-refractivity contribution >= 4 is 34.7 Å². The molecule has 0 unspecified atom stereocenters. The van der Waals surface area contributed by atoms with E-state index in [1.165, 1.54) is 25.3 Å². The van der Waals surface area contributed by atoms with Gasteiger partial charge in [-0.1, -0.05) is 0 Å². The molecule has 3 aromatic carbocycles. The van der Waals surface area contributed by atoms with Gasteiger partial charge in [0.05, 0.1) is 30.8 Å². The fraction of sp³-hybridized carbons (Fsp3) is 0.353. The highest BCUT2D eigenvalue weighted by molar-refractivity contribution is 5.98. The fourth-order valence-corrected chi connectivity index (χ4v) is 5.91. The Hall–Kier alpha value is -5.37. The van der Waals surface area contributed by atoms with Crippen molar-refractivity contribution in [1.82, 2.24) is 25.1 Å². The second-order valence-corrected chi connectivity index (χ2v) is 11.6. The van der Waals surface area contributed by atoms with Gasteiger partial charge in [0.15, 0.2) is 18.1 Å². The Morgan fingerprint density at radius 2 is 1.98 bits per heavy atom. The summed E-state index contributed by atoms with van der Waals surface area (Å²) in [5.41, 5.74) is 2.74. The highest BCUT2D eigenvalue weighted by Gasteiger charge is 2.35. The summed E-state index contributed by atoms with van der Waals surface area (Å²) in [6.45, 7) is 1.24. The molecular weight excluding hydrogens is 623 g/mol. The topological polar surface area (TPSA) is 145 Å². The number of halogens is 1. The first-order valence-corrected chi connectivity index (χ1v) is 15.6. The number of methoxy groups -OCH3 is 2.